The Balaban J connectivity index is 0.000000189. The molecule has 2 unspecified atom stereocenters. The average molecular weight is 682 g/mol. The number of fused-ring (bicyclic) bond motifs is 6. The second kappa shape index (κ2) is 13.4. The summed E-state index contributed by atoms with van der Waals surface area (Å²) in [5.41, 5.74) is 1.64. The van der Waals surface area contributed by atoms with Crippen molar-refractivity contribution in [2.45, 2.75) is 38.4 Å². The quantitative estimate of drug-likeness (QED) is 0.161. The average Bonchev–Trinajstić information content (AvgIpc) is 3.07. The minimum Gasteiger partial charge on any atom is -0.507 e. The van der Waals surface area contributed by atoms with Crippen LogP contribution in [0.25, 0.3) is 6.08 Å². The van der Waals surface area contributed by atoms with Crippen molar-refractivity contribution in [3.8, 4) is 46.0 Å². The Morgan fingerprint density at radius 2 is 1.62 bits per heavy atom. The van der Waals surface area contributed by atoms with Gasteiger partial charge < -0.3 is 44.0 Å². The molecule has 0 radical (unpaired) electrons. The molecule has 4 aromatic rings. The van der Waals surface area contributed by atoms with E-state index in [1.165, 1.54) is 32.2 Å². The molecule has 0 fully saturated rings. The van der Waals surface area contributed by atoms with E-state index < -0.39 is 23.6 Å². The molecule has 3 aliphatic heterocycles. The molecule has 0 aromatic heterocycles. The molecular weight excluding hydrogens is 646 g/mol. The summed E-state index contributed by atoms with van der Waals surface area (Å²) in [4.78, 5) is 36.3. The summed E-state index contributed by atoms with van der Waals surface area (Å²) in [5.74, 6) is 0.714. The van der Waals surface area contributed by atoms with Crippen LogP contribution in [-0.2, 0) is 4.79 Å². The van der Waals surface area contributed by atoms with Crippen LogP contribution in [-0.4, -0.2) is 60.4 Å². The summed E-state index contributed by atoms with van der Waals surface area (Å²) in [5, 5.41) is 22.9. The topological polar surface area (TPSA) is 159 Å². The SMILES string of the molecule is CC(=O)Nc1ccc(OC(=O)c2ccccc2O)cc1.COc1cc2c(cc1OC)C1C(=O)c3c(O)cc4c(c3OC1CO2)C=CC(C)(C)O4. The maximum Gasteiger partial charge on any atom is 0.347 e. The zero-order valence-electron chi connectivity index (χ0n) is 27.9. The van der Waals surface area contributed by atoms with Crippen LogP contribution in [0.5, 0.6) is 46.0 Å². The second-order valence-electron chi connectivity index (χ2n) is 12.2. The van der Waals surface area contributed by atoms with E-state index in [4.69, 9.17) is 28.4 Å². The van der Waals surface area contributed by atoms with Crippen molar-refractivity contribution >= 4 is 29.4 Å². The van der Waals surface area contributed by atoms with Gasteiger partial charge in [0, 0.05) is 30.3 Å². The lowest BCUT2D eigenvalue weighted by atomic mass is 9.80. The molecule has 258 valence electrons. The predicted molar refractivity (Wildman–Crippen MR) is 182 cm³/mol. The number of hydrogen-bond acceptors (Lipinski definition) is 11. The number of benzene rings is 4. The van der Waals surface area contributed by atoms with Gasteiger partial charge in [-0.15, -0.1) is 0 Å². The first kappa shape index (κ1) is 33.7. The fourth-order valence-electron chi connectivity index (χ4n) is 5.89. The molecule has 50 heavy (non-hydrogen) atoms. The third-order valence-corrected chi connectivity index (χ3v) is 8.22. The number of carbonyl (C=O) groups is 3. The largest absolute Gasteiger partial charge is 0.507 e. The van der Waals surface area contributed by atoms with Crippen LogP contribution in [0.15, 0.2) is 72.8 Å². The van der Waals surface area contributed by atoms with Gasteiger partial charge in [-0.3, -0.25) is 9.59 Å². The summed E-state index contributed by atoms with van der Waals surface area (Å²) in [6, 6.07) is 17.4. The Morgan fingerprint density at radius 3 is 2.30 bits per heavy atom. The van der Waals surface area contributed by atoms with Gasteiger partial charge in [0.05, 0.1) is 25.7 Å². The van der Waals surface area contributed by atoms with Crippen LogP contribution in [0, 0.1) is 0 Å². The molecule has 2 atom stereocenters. The van der Waals surface area contributed by atoms with Crippen molar-refractivity contribution < 1.29 is 53.0 Å². The zero-order valence-corrected chi connectivity index (χ0v) is 27.9. The number of phenolic OH excluding ortho intramolecular Hbond substituents is 2. The minimum atomic E-state index is -0.643. The number of amides is 1. The van der Waals surface area contributed by atoms with Gasteiger partial charge in [0.15, 0.2) is 17.3 Å². The van der Waals surface area contributed by atoms with Gasteiger partial charge in [0.25, 0.3) is 0 Å². The molecule has 0 spiro atoms. The summed E-state index contributed by atoms with van der Waals surface area (Å²) in [7, 11) is 3.07. The molecule has 0 aliphatic carbocycles. The number of nitrogens with one attached hydrogen (secondary N) is 1. The number of anilines is 1. The van der Waals surface area contributed by atoms with Crippen LogP contribution < -0.4 is 33.7 Å². The number of aromatic hydroxyl groups is 2. The molecule has 12 heteroatoms. The number of esters is 1. The first-order chi connectivity index (χ1) is 23.9. The van der Waals surface area contributed by atoms with E-state index in [2.05, 4.69) is 5.32 Å². The van der Waals surface area contributed by atoms with Gasteiger partial charge in [-0.2, -0.15) is 0 Å². The van der Waals surface area contributed by atoms with Crippen LogP contribution in [0.3, 0.4) is 0 Å². The van der Waals surface area contributed by atoms with Crippen LogP contribution >= 0.6 is 0 Å². The molecule has 12 nitrogen and oxygen atoms in total. The molecule has 0 saturated heterocycles. The minimum absolute atomic E-state index is 0.0958. The summed E-state index contributed by atoms with van der Waals surface area (Å²) < 4.78 is 33.9. The van der Waals surface area contributed by atoms with Gasteiger partial charge in [-0.05, 0) is 68.5 Å². The third-order valence-electron chi connectivity index (χ3n) is 8.22. The normalized spacial score (nSPS) is 17.3. The van der Waals surface area contributed by atoms with E-state index in [0.29, 0.717) is 51.3 Å². The molecule has 0 bridgehead atoms. The molecular formula is C38H35NO11. The van der Waals surface area contributed by atoms with Gasteiger partial charge in [0.1, 0.15) is 63.9 Å². The number of phenols is 2. The lowest BCUT2D eigenvalue weighted by molar-refractivity contribution is -0.114. The zero-order chi connectivity index (χ0) is 35.7. The first-order valence-electron chi connectivity index (χ1n) is 15.6. The number of hydrogen-bond donors (Lipinski definition) is 3. The van der Waals surface area contributed by atoms with Gasteiger partial charge in [-0.25, -0.2) is 4.79 Å². The smallest absolute Gasteiger partial charge is 0.347 e. The van der Waals surface area contributed by atoms with E-state index in [0.717, 1.165) is 0 Å². The van der Waals surface area contributed by atoms with Crippen LogP contribution in [0.2, 0.25) is 0 Å². The second-order valence-corrected chi connectivity index (χ2v) is 12.2. The molecule has 0 saturated carbocycles. The van der Waals surface area contributed by atoms with Crippen molar-refractivity contribution in [2.24, 2.45) is 0 Å². The van der Waals surface area contributed by atoms with Crippen molar-refractivity contribution in [2.75, 3.05) is 26.1 Å². The molecule has 3 aliphatic rings. The van der Waals surface area contributed by atoms with Crippen LogP contribution in [0.1, 0.15) is 58.5 Å². The fraction of sp³-hybridized carbons (Fsp3) is 0.237. The Morgan fingerprint density at radius 1 is 0.920 bits per heavy atom. The first-order valence-corrected chi connectivity index (χ1v) is 15.6. The number of para-hydroxylation sites is 1. The number of ketones is 1. The lowest BCUT2D eigenvalue weighted by Crippen LogP contribution is -2.43. The predicted octanol–water partition coefficient (Wildman–Crippen LogP) is 6.28. The number of carbonyl (C=O) groups excluding carboxylic acids is 3. The van der Waals surface area contributed by atoms with Crippen molar-refractivity contribution in [1.82, 2.24) is 0 Å². The number of methoxy groups -OCH3 is 2. The molecule has 3 N–H and O–H groups in total. The standard InChI is InChI=1S/C23H22O7.C15H13NO4/c1-23(2)6-5-11-15(30-23)8-13(24)20-21(25)19-12-7-16(26-3)17(27-4)9-14(12)28-10-18(19)29-22(11)20;1-10(17)16-11-6-8-12(9-7-11)20-15(19)13-4-2-3-5-14(13)18/h5-9,18-19,24H,10H2,1-4H3;2-9,18H,1H3,(H,16,17). The number of Topliss-reactive ketones (excluding diaryl/α,β-unsaturated/α-hetero) is 1. The monoisotopic (exact) mass is 681 g/mol. The van der Waals surface area contributed by atoms with Crippen LogP contribution in [0.4, 0.5) is 5.69 Å². The maximum absolute atomic E-state index is 13.6. The Hall–Kier alpha value is -6.17. The van der Waals surface area contributed by atoms with E-state index in [1.54, 1.807) is 55.6 Å². The highest BCUT2D eigenvalue weighted by atomic mass is 16.5. The van der Waals surface area contributed by atoms with Crippen molar-refractivity contribution in [3.05, 3.63) is 95.1 Å². The highest BCUT2D eigenvalue weighted by Crippen LogP contribution is 2.52. The van der Waals surface area contributed by atoms with Gasteiger partial charge >= 0.3 is 5.97 Å². The Labute approximate surface area is 287 Å². The highest BCUT2D eigenvalue weighted by Gasteiger charge is 2.46. The van der Waals surface area contributed by atoms with Crippen molar-refractivity contribution in [3.63, 3.8) is 0 Å². The molecule has 4 aromatic carbocycles. The van der Waals surface area contributed by atoms with E-state index in [9.17, 15) is 24.6 Å². The highest BCUT2D eigenvalue weighted by molar-refractivity contribution is 6.08. The summed E-state index contributed by atoms with van der Waals surface area (Å²) >= 11 is 0. The number of ether oxygens (including phenoxy) is 6. The molecule has 3 heterocycles. The third kappa shape index (κ3) is 6.59. The van der Waals surface area contributed by atoms with Crippen molar-refractivity contribution in [1.29, 1.82) is 0 Å². The maximum atomic E-state index is 13.6. The Kier molecular flexibility index (Phi) is 9.03. The Bertz CT molecular complexity index is 2020. The summed E-state index contributed by atoms with van der Waals surface area (Å²) in [6.07, 6.45) is 3.23. The van der Waals surface area contributed by atoms with Gasteiger partial charge in [0.2, 0.25) is 5.91 Å². The fourth-order valence-corrected chi connectivity index (χ4v) is 5.89. The lowest BCUT2D eigenvalue weighted by Gasteiger charge is -2.39. The molecule has 7 rings (SSSR count). The number of rotatable bonds is 5. The summed E-state index contributed by atoms with van der Waals surface area (Å²) in [6.45, 7) is 5.43. The van der Waals surface area contributed by atoms with Gasteiger partial charge in [-0.1, -0.05) is 12.1 Å². The molecule has 1 amide bonds. The van der Waals surface area contributed by atoms with E-state index in [1.807, 2.05) is 26.0 Å². The van der Waals surface area contributed by atoms with E-state index >= 15 is 0 Å². The van der Waals surface area contributed by atoms with E-state index in [-0.39, 0.29) is 40.9 Å².